The number of halogens is 1. The molecule has 1 amide bonds. The van der Waals surface area contributed by atoms with Gasteiger partial charge in [-0.05, 0) is 11.6 Å². The fraction of sp³-hybridized carbons (Fsp3) is 0.267. The van der Waals surface area contributed by atoms with Gasteiger partial charge in [0.1, 0.15) is 6.61 Å². The van der Waals surface area contributed by atoms with E-state index < -0.39 is 5.97 Å². The van der Waals surface area contributed by atoms with Crippen molar-refractivity contribution >= 4 is 23.5 Å². The molecule has 0 aliphatic carbocycles. The molecule has 0 atom stereocenters. The summed E-state index contributed by atoms with van der Waals surface area (Å²) < 4.78 is 6.45. The fourth-order valence-corrected chi connectivity index (χ4v) is 2.06. The zero-order chi connectivity index (χ0) is 16.7. The normalized spacial score (nSPS) is 10.5. The molecule has 0 saturated carbocycles. The molecule has 1 aromatic carbocycles. The van der Waals surface area contributed by atoms with E-state index >= 15 is 0 Å². The van der Waals surface area contributed by atoms with Crippen LogP contribution in [0.5, 0.6) is 0 Å². The lowest BCUT2D eigenvalue weighted by Gasteiger charge is -2.04. The van der Waals surface area contributed by atoms with Gasteiger partial charge in [-0.25, -0.2) is 4.79 Å². The van der Waals surface area contributed by atoms with Crippen molar-refractivity contribution in [1.82, 2.24) is 15.1 Å². The van der Waals surface area contributed by atoms with Crippen LogP contribution in [0.25, 0.3) is 0 Å². The van der Waals surface area contributed by atoms with Crippen molar-refractivity contribution in [3.8, 4) is 0 Å². The minimum Gasteiger partial charge on any atom is -0.480 e. The smallest absolute Gasteiger partial charge is 0.329 e. The van der Waals surface area contributed by atoms with Crippen LogP contribution in [0.3, 0.4) is 0 Å². The first-order chi connectivity index (χ1) is 11.1. The van der Waals surface area contributed by atoms with Gasteiger partial charge in [-0.3, -0.25) is 9.48 Å². The van der Waals surface area contributed by atoms with Crippen LogP contribution in [-0.2, 0) is 16.1 Å². The number of rotatable bonds is 8. The van der Waals surface area contributed by atoms with E-state index in [9.17, 15) is 9.59 Å². The van der Waals surface area contributed by atoms with Crippen LogP contribution < -0.4 is 5.32 Å². The molecular formula is C15H16ClN3O4. The number of amides is 1. The third-order valence-electron chi connectivity index (χ3n) is 2.94. The van der Waals surface area contributed by atoms with Crippen LogP contribution in [0.4, 0.5) is 0 Å². The molecule has 0 unspecified atom stereocenters. The number of hydrogen-bond donors (Lipinski definition) is 2. The van der Waals surface area contributed by atoms with Gasteiger partial charge in [0.15, 0.2) is 0 Å². The maximum atomic E-state index is 11.9. The molecule has 0 bridgehead atoms. The van der Waals surface area contributed by atoms with Gasteiger partial charge in [-0.2, -0.15) is 5.10 Å². The number of benzene rings is 1. The van der Waals surface area contributed by atoms with Crippen molar-refractivity contribution in [2.75, 3.05) is 19.8 Å². The molecule has 2 rings (SSSR count). The summed E-state index contributed by atoms with van der Waals surface area (Å²) in [5.74, 6) is -1.34. The Morgan fingerprint density at radius 2 is 2.13 bits per heavy atom. The summed E-state index contributed by atoms with van der Waals surface area (Å²) in [6, 6.07) is 7.42. The van der Waals surface area contributed by atoms with Crippen molar-refractivity contribution in [2.24, 2.45) is 0 Å². The Kier molecular flexibility index (Phi) is 6.13. The van der Waals surface area contributed by atoms with Crippen molar-refractivity contribution in [1.29, 1.82) is 0 Å². The Labute approximate surface area is 137 Å². The van der Waals surface area contributed by atoms with Crippen LogP contribution in [0, 0.1) is 0 Å². The summed E-state index contributed by atoms with van der Waals surface area (Å²) in [6.07, 6.45) is 3.08. The van der Waals surface area contributed by atoms with E-state index in [1.807, 2.05) is 18.2 Å². The number of hydrogen-bond acceptors (Lipinski definition) is 4. The summed E-state index contributed by atoms with van der Waals surface area (Å²) in [5.41, 5.74) is 1.32. The molecule has 2 aromatic rings. The number of nitrogens with one attached hydrogen (secondary N) is 1. The van der Waals surface area contributed by atoms with E-state index in [4.69, 9.17) is 21.4 Å². The van der Waals surface area contributed by atoms with E-state index in [0.29, 0.717) is 17.1 Å². The largest absolute Gasteiger partial charge is 0.480 e. The van der Waals surface area contributed by atoms with Gasteiger partial charge in [-0.15, -0.1) is 0 Å². The Morgan fingerprint density at radius 3 is 2.87 bits per heavy atom. The van der Waals surface area contributed by atoms with E-state index in [2.05, 4.69) is 10.4 Å². The highest BCUT2D eigenvalue weighted by atomic mass is 35.5. The quantitative estimate of drug-likeness (QED) is 0.710. The number of aromatic nitrogens is 2. The molecule has 0 spiro atoms. The Balaban J connectivity index is 1.83. The lowest BCUT2D eigenvalue weighted by atomic mass is 10.2. The zero-order valence-corrected chi connectivity index (χ0v) is 13.0. The molecule has 7 nitrogen and oxygen atoms in total. The number of nitrogens with zero attached hydrogens (tertiary/aromatic N) is 2. The highest BCUT2D eigenvalue weighted by molar-refractivity contribution is 6.31. The van der Waals surface area contributed by atoms with Crippen molar-refractivity contribution in [3.05, 3.63) is 52.8 Å². The van der Waals surface area contributed by atoms with Crippen LogP contribution in [-0.4, -0.2) is 46.5 Å². The number of ether oxygens (including phenoxy) is 1. The second kappa shape index (κ2) is 8.30. The number of carboxylic acids is 1. The highest BCUT2D eigenvalue weighted by Gasteiger charge is 2.09. The van der Waals surface area contributed by atoms with Gasteiger partial charge in [0.2, 0.25) is 0 Å². The molecule has 0 aliphatic heterocycles. The molecular weight excluding hydrogens is 322 g/mol. The summed E-state index contributed by atoms with van der Waals surface area (Å²) >= 11 is 6.09. The summed E-state index contributed by atoms with van der Waals surface area (Å²) in [6.45, 7) is 0.438. The summed E-state index contributed by atoms with van der Waals surface area (Å²) in [4.78, 5) is 22.2. The van der Waals surface area contributed by atoms with E-state index in [1.54, 1.807) is 16.9 Å². The molecule has 23 heavy (non-hydrogen) atoms. The Morgan fingerprint density at radius 1 is 1.35 bits per heavy atom. The van der Waals surface area contributed by atoms with Crippen molar-refractivity contribution < 1.29 is 19.4 Å². The summed E-state index contributed by atoms with van der Waals surface area (Å²) in [7, 11) is 0. The van der Waals surface area contributed by atoms with Gasteiger partial charge in [-0.1, -0.05) is 29.8 Å². The van der Waals surface area contributed by atoms with Gasteiger partial charge in [0.25, 0.3) is 5.91 Å². The molecule has 8 heteroatoms. The first-order valence-corrected chi connectivity index (χ1v) is 7.27. The van der Waals surface area contributed by atoms with Crippen LogP contribution in [0.2, 0.25) is 5.02 Å². The minimum absolute atomic E-state index is 0.131. The number of carbonyl (C=O) groups excluding carboxylic acids is 1. The molecule has 0 radical (unpaired) electrons. The van der Waals surface area contributed by atoms with E-state index in [-0.39, 0.29) is 25.7 Å². The molecule has 1 aromatic heterocycles. The maximum Gasteiger partial charge on any atom is 0.329 e. The second-order valence-corrected chi connectivity index (χ2v) is 5.13. The number of carbonyl (C=O) groups is 2. The predicted molar refractivity (Wildman–Crippen MR) is 83.6 cm³/mol. The second-order valence-electron chi connectivity index (χ2n) is 4.72. The van der Waals surface area contributed by atoms with Gasteiger partial charge >= 0.3 is 5.97 Å². The van der Waals surface area contributed by atoms with Crippen LogP contribution in [0.15, 0.2) is 36.7 Å². The Bertz CT molecular complexity index is 687. The van der Waals surface area contributed by atoms with E-state index in [1.165, 1.54) is 6.20 Å². The van der Waals surface area contributed by atoms with Crippen molar-refractivity contribution in [3.63, 3.8) is 0 Å². The maximum absolute atomic E-state index is 11.9. The molecule has 0 saturated heterocycles. The van der Waals surface area contributed by atoms with Gasteiger partial charge in [0.05, 0.1) is 24.9 Å². The third kappa shape index (κ3) is 5.39. The summed E-state index contributed by atoms with van der Waals surface area (Å²) in [5, 5.41) is 15.8. The molecule has 2 N–H and O–H groups in total. The third-order valence-corrected chi connectivity index (χ3v) is 3.31. The SMILES string of the molecule is O=C(O)COCCNC(=O)c1cnn(Cc2ccccc2Cl)c1. The van der Waals surface area contributed by atoms with E-state index in [0.717, 1.165) is 5.56 Å². The first kappa shape index (κ1) is 17.0. The van der Waals surface area contributed by atoms with Crippen molar-refractivity contribution in [2.45, 2.75) is 6.54 Å². The molecule has 0 aliphatic rings. The average molecular weight is 338 g/mol. The standard InChI is InChI=1S/C15H16ClN3O4/c16-13-4-2-1-3-11(13)8-19-9-12(7-18-19)15(22)17-5-6-23-10-14(20)21/h1-4,7,9H,5-6,8,10H2,(H,17,22)(H,20,21). The number of aliphatic carboxylic acids is 1. The van der Waals surface area contributed by atoms with Gasteiger partial charge in [0, 0.05) is 17.8 Å². The molecule has 1 heterocycles. The monoisotopic (exact) mass is 337 g/mol. The topological polar surface area (TPSA) is 93.4 Å². The zero-order valence-electron chi connectivity index (χ0n) is 12.2. The molecule has 0 fully saturated rings. The Hall–Kier alpha value is -2.38. The molecule has 122 valence electrons. The highest BCUT2D eigenvalue weighted by Crippen LogP contribution is 2.16. The number of carboxylic acid groups (broad SMARTS) is 1. The first-order valence-electron chi connectivity index (χ1n) is 6.90. The lowest BCUT2D eigenvalue weighted by Crippen LogP contribution is -2.27. The fourth-order valence-electron chi connectivity index (χ4n) is 1.87. The minimum atomic E-state index is -1.04. The lowest BCUT2D eigenvalue weighted by molar-refractivity contribution is -0.142. The van der Waals surface area contributed by atoms with Crippen LogP contribution in [0.1, 0.15) is 15.9 Å². The average Bonchev–Trinajstić information content (AvgIpc) is 2.97. The van der Waals surface area contributed by atoms with Crippen LogP contribution >= 0.6 is 11.6 Å². The van der Waals surface area contributed by atoms with Gasteiger partial charge < -0.3 is 15.2 Å². The predicted octanol–water partition coefficient (Wildman–Crippen LogP) is 1.42.